The summed E-state index contributed by atoms with van der Waals surface area (Å²) in [6.07, 6.45) is -0.818. The van der Waals surface area contributed by atoms with Crippen molar-refractivity contribution < 1.29 is 14.9 Å². The predicted octanol–water partition coefficient (Wildman–Crippen LogP) is 0.111. The highest BCUT2D eigenvalue weighted by atomic mass is 16.6. The molecule has 3 unspecified atom stereocenters. The van der Waals surface area contributed by atoms with E-state index < -0.39 is 12.4 Å². The van der Waals surface area contributed by atoms with Crippen molar-refractivity contribution in [3.8, 4) is 0 Å². The fraction of sp³-hybridized carbons (Fsp3) is 1.00. The fourth-order valence-corrected chi connectivity index (χ4v) is 1.32. The van der Waals surface area contributed by atoms with Gasteiger partial charge in [-0.15, -0.1) is 0 Å². The zero-order chi connectivity index (χ0) is 7.72. The van der Waals surface area contributed by atoms with E-state index in [-0.39, 0.29) is 12.0 Å². The first-order valence-corrected chi connectivity index (χ1v) is 3.63. The minimum atomic E-state index is -0.987. The molecular weight excluding hydrogens is 132 g/mol. The molecule has 0 aromatic rings. The van der Waals surface area contributed by atoms with Crippen molar-refractivity contribution in [3.05, 3.63) is 0 Å². The monoisotopic (exact) mass is 146 g/mol. The number of aliphatic hydroxyl groups excluding tert-OH is 2. The maximum absolute atomic E-state index is 9.19. The summed E-state index contributed by atoms with van der Waals surface area (Å²) in [5.74, 6) is 0.138. The molecular formula is C7H14O3. The third-order valence-corrected chi connectivity index (χ3v) is 1.95. The van der Waals surface area contributed by atoms with E-state index in [0.29, 0.717) is 0 Å². The smallest absolute Gasteiger partial charge is 0.181 e. The summed E-state index contributed by atoms with van der Waals surface area (Å²) in [6, 6.07) is 0. The number of ether oxygens (including phenoxy) is 1. The Morgan fingerprint density at radius 3 is 2.40 bits per heavy atom. The second kappa shape index (κ2) is 2.86. The van der Waals surface area contributed by atoms with Crippen LogP contribution in [-0.4, -0.2) is 28.7 Å². The van der Waals surface area contributed by atoms with Crippen molar-refractivity contribution in [3.63, 3.8) is 0 Å². The highest BCUT2D eigenvalue weighted by molar-refractivity contribution is 4.75. The Morgan fingerprint density at radius 2 is 1.90 bits per heavy atom. The van der Waals surface area contributed by atoms with E-state index in [9.17, 15) is 5.11 Å². The van der Waals surface area contributed by atoms with Gasteiger partial charge in [0.05, 0.1) is 6.10 Å². The zero-order valence-corrected chi connectivity index (χ0v) is 6.32. The van der Waals surface area contributed by atoms with Crippen LogP contribution < -0.4 is 0 Å². The lowest BCUT2D eigenvalue weighted by Crippen LogP contribution is -2.42. The first-order valence-electron chi connectivity index (χ1n) is 3.63. The minimum Gasteiger partial charge on any atom is -0.388 e. The molecule has 4 atom stereocenters. The van der Waals surface area contributed by atoms with Gasteiger partial charge in [0, 0.05) is 0 Å². The molecule has 0 saturated carbocycles. The first-order chi connectivity index (χ1) is 4.61. The highest BCUT2D eigenvalue weighted by Crippen LogP contribution is 2.23. The van der Waals surface area contributed by atoms with E-state index in [4.69, 9.17) is 9.84 Å². The second-order valence-electron chi connectivity index (χ2n) is 3.04. The fourth-order valence-electron chi connectivity index (χ4n) is 1.32. The molecule has 1 heterocycles. The van der Waals surface area contributed by atoms with Crippen molar-refractivity contribution >= 4 is 0 Å². The van der Waals surface area contributed by atoms with Crippen molar-refractivity contribution in [2.24, 2.45) is 5.92 Å². The lowest BCUT2D eigenvalue weighted by molar-refractivity contribution is -0.227. The second-order valence-corrected chi connectivity index (χ2v) is 3.04. The normalized spacial score (nSPS) is 49.2. The van der Waals surface area contributed by atoms with Crippen LogP contribution in [0, 0.1) is 5.92 Å². The van der Waals surface area contributed by atoms with E-state index >= 15 is 0 Å². The van der Waals surface area contributed by atoms with Gasteiger partial charge < -0.3 is 14.9 Å². The average Bonchev–Trinajstić information content (AvgIpc) is 1.82. The zero-order valence-electron chi connectivity index (χ0n) is 6.32. The molecule has 1 rings (SSSR count). The van der Waals surface area contributed by atoms with Crippen molar-refractivity contribution in [2.75, 3.05) is 0 Å². The molecule has 0 aromatic heterocycles. The van der Waals surface area contributed by atoms with Crippen LogP contribution in [0.4, 0.5) is 0 Å². The Labute approximate surface area is 60.6 Å². The Hall–Kier alpha value is -0.120. The van der Waals surface area contributed by atoms with E-state index in [1.807, 2.05) is 13.8 Å². The summed E-state index contributed by atoms with van der Waals surface area (Å²) in [4.78, 5) is 0. The van der Waals surface area contributed by atoms with Gasteiger partial charge >= 0.3 is 0 Å². The van der Waals surface area contributed by atoms with Crippen LogP contribution in [-0.2, 0) is 4.74 Å². The molecule has 10 heavy (non-hydrogen) atoms. The van der Waals surface area contributed by atoms with Gasteiger partial charge in [-0.25, -0.2) is 0 Å². The Bertz CT molecular complexity index is 103. The van der Waals surface area contributed by atoms with Gasteiger partial charge in [-0.2, -0.15) is 0 Å². The average molecular weight is 146 g/mol. The van der Waals surface area contributed by atoms with Gasteiger partial charge in [-0.05, 0) is 19.3 Å². The molecule has 0 bridgehead atoms. The number of hydrogen-bond donors (Lipinski definition) is 2. The molecule has 0 spiro atoms. The van der Waals surface area contributed by atoms with Gasteiger partial charge in [0.1, 0.15) is 6.10 Å². The van der Waals surface area contributed by atoms with Crippen LogP contribution >= 0.6 is 0 Å². The molecule has 3 nitrogen and oxygen atoms in total. The predicted molar refractivity (Wildman–Crippen MR) is 36.3 cm³/mol. The summed E-state index contributed by atoms with van der Waals surface area (Å²) in [6.45, 7) is 3.80. The van der Waals surface area contributed by atoms with Crippen molar-refractivity contribution in [1.82, 2.24) is 0 Å². The molecule has 1 aliphatic rings. The maximum atomic E-state index is 9.19. The summed E-state index contributed by atoms with van der Waals surface area (Å²) >= 11 is 0. The summed E-state index contributed by atoms with van der Waals surface area (Å²) < 4.78 is 4.97. The standard InChI is InChI=1S/C7H14O3/c1-4-3-5(2)10-7(9)6(4)8/h4-9H,3H2,1-2H3/t4?,5?,6-,7?/m1/s1. The Kier molecular flexibility index (Phi) is 2.28. The van der Waals surface area contributed by atoms with Crippen LogP contribution in [0.3, 0.4) is 0 Å². The molecule has 1 saturated heterocycles. The van der Waals surface area contributed by atoms with Gasteiger partial charge in [-0.3, -0.25) is 0 Å². The van der Waals surface area contributed by atoms with Crippen LogP contribution in [0.5, 0.6) is 0 Å². The molecule has 1 fully saturated rings. The molecule has 0 aliphatic carbocycles. The molecule has 1 aliphatic heterocycles. The lowest BCUT2D eigenvalue weighted by atomic mass is 9.95. The van der Waals surface area contributed by atoms with Gasteiger partial charge in [-0.1, -0.05) is 6.92 Å². The summed E-state index contributed by atoms with van der Waals surface area (Å²) in [7, 11) is 0. The molecule has 60 valence electrons. The molecule has 0 radical (unpaired) electrons. The van der Waals surface area contributed by atoms with Crippen LogP contribution in [0.1, 0.15) is 20.3 Å². The third kappa shape index (κ3) is 1.48. The first kappa shape index (κ1) is 7.98. The summed E-state index contributed by atoms with van der Waals surface area (Å²) in [5, 5.41) is 18.2. The van der Waals surface area contributed by atoms with E-state index in [1.54, 1.807) is 0 Å². The van der Waals surface area contributed by atoms with E-state index in [0.717, 1.165) is 6.42 Å². The maximum Gasteiger partial charge on any atom is 0.181 e. The molecule has 2 N–H and O–H groups in total. The number of rotatable bonds is 0. The molecule has 3 heteroatoms. The Morgan fingerprint density at radius 1 is 1.30 bits per heavy atom. The minimum absolute atomic E-state index is 0.0633. The highest BCUT2D eigenvalue weighted by Gasteiger charge is 2.31. The largest absolute Gasteiger partial charge is 0.388 e. The van der Waals surface area contributed by atoms with Crippen molar-refractivity contribution in [2.45, 2.75) is 38.8 Å². The summed E-state index contributed by atoms with van der Waals surface area (Å²) in [5.41, 5.74) is 0. The lowest BCUT2D eigenvalue weighted by Gasteiger charge is -2.33. The van der Waals surface area contributed by atoms with Gasteiger partial charge in [0.25, 0.3) is 0 Å². The number of aliphatic hydroxyl groups is 2. The van der Waals surface area contributed by atoms with Crippen LogP contribution in [0.15, 0.2) is 0 Å². The van der Waals surface area contributed by atoms with Gasteiger partial charge in [0.15, 0.2) is 6.29 Å². The molecule has 0 amide bonds. The molecule has 0 aromatic carbocycles. The SMILES string of the molecule is CC1CC(C)[C@@H](O)C(O)O1. The van der Waals surface area contributed by atoms with Crippen molar-refractivity contribution in [1.29, 1.82) is 0 Å². The topological polar surface area (TPSA) is 49.7 Å². The Balaban J connectivity index is 2.49. The van der Waals surface area contributed by atoms with Crippen LogP contribution in [0.2, 0.25) is 0 Å². The number of hydrogen-bond acceptors (Lipinski definition) is 3. The van der Waals surface area contributed by atoms with Gasteiger partial charge in [0.2, 0.25) is 0 Å². The van der Waals surface area contributed by atoms with E-state index in [1.165, 1.54) is 0 Å². The third-order valence-electron chi connectivity index (χ3n) is 1.95. The van der Waals surface area contributed by atoms with E-state index in [2.05, 4.69) is 0 Å². The van der Waals surface area contributed by atoms with Crippen LogP contribution in [0.25, 0.3) is 0 Å². The quantitative estimate of drug-likeness (QED) is 0.510.